The summed E-state index contributed by atoms with van der Waals surface area (Å²) in [5, 5.41) is 5.64. The lowest BCUT2D eigenvalue weighted by Gasteiger charge is -2.04. The second kappa shape index (κ2) is 10.3. The molecular formula is C26H26N2O4. The molecule has 2 aromatic heterocycles. The Kier molecular flexibility index (Phi) is 7.29. The summed E-state index contributed by atoms with van der Waals surface area (Å²) in [5.41, 5.74) is 3.67. The van der Waals surface area contributed by atoms with E-state index in [9.17, 15) is 9.59 Å². The van der Waals surface area contributed by atoms with Crippen molar-refractivity contribution in [2.75, 3.05) is 10.6 Å². The number of amides is 2. The van der Waals surface area contributed by atoms with E-state index in [-0.39, 0.29) is 11.8 Å². The molecule has 0 radical (unpaired) electrons. The molecule has 0 fully saturated rings. The zero-order valence-electron chi connectivity index (χ0n) is 18.6. The number of benzene rings is 2. The Balaban J connectivity index is 0.000000182. The molecule has 2 aromatic carbocycles. The number of anilines is 2. The molecule has 4 aromatic rings. The molecule has 6 heteroatoms. The molecule has 0 aliphatic rings. The highest BCUT2D eigenvalue weighted by Gasteiger charge is 2.18. The van der Waals surface area contributed by atoms with E-state index in [2.05, 4.69) is 10.6 Å². The van der Waals surface area contributed by atoms with Crippen molar-refractivity contribution in [3.8, 4) is 0 Å². The second-order valence-electron chi connectivity index (χ2n) is 7.25. The summed E-state index contributed by atoms with van der Waals surface area (Å²) in [5.74, 6) is 1.81. The average molecular weight is 431 g/mol. The summed E-state index contributed by atoms with van der Waals surface area (Å²) in [4.78, 5) is 23.8. The van der Waals surface area contributed by atoms with Crippen LogP contribution in [-0.2, 0) is 0 Å². The highest BCUT2D eigenvalue weighted by molar-refractivity contribution is 6.06. The van der Waals surface area contributed by atoms with Crippen molar-refractivity contribution >= 4 is 23.2 Å². The van der Waals surface area contributed by atoms with Crippen LogP contribution in [0.25, 0.3) is 0 Å². The van der Waals surface area contributed by atoms with Gasteiger partial charge in [0.25, 0.3) is 11.8 Å². The number of aryl methyl sites for hydroxylation is 3. The van der Waals surface area contributed by atoms with Crippen molar-refractivity contribution in [3.63, 3.8) is 0 Å². The lowest BCUT2D eigenvalue weighted by Crippen LogP contribution is -2.13. The Morgan fingerprint density at radius 3 is 1.62 bits per heavy atom. The van der Waals surface area contributed by atoms with Crippen LogP contribution >= 0.6 is 0 Å². The molecule has 4 rings (SSSR count). The molecule has 2 heterocycles. The molecule has 0 atom stereocenters. The normalized spacial score (nSPS) is 10.1. The molecule has 0 saturated heterocycles. The summed E-state index contributed by atoms with van der Waals surface area (Å²) in [6.07, 6.45) is 1.51. The highest BCUT2D eigenvalue weighted by atomic mass is 16.3. The van der Waals surface area contributed by atoms with Gasteiger partial charge in [-0.25, -0.2) is 0 Å². The van der Waals surface area contributed by atoms with Gasteiger partial charge in [-0.2, -0.15) is 0 Å². The molecule has 0 aliphatic heterocycles. The largest absolute Gasteiger partial charge is 0.469 e. The lowest BCUT2D eigenvalue weighted by atomic mass is 10.1. The molecule has 2 N–H and O–H groups in total. The fraction of sp³-hybridized carbons (Fsp3) is 0.154. The summed E-state index contributed by atoms with van der Waals surface area (Å²) < 4.78 is 10.5. The van der Waals surface area contributed by atoms with Gasteiger partial charge in [-0.1, -0.05) is 36.4 Å². The zero-order chi connectivity index (χ0) is 23.1. The van der Waals surface area contributed by atoms with Gasteiger partial charge in [0.2, 0.25) is 0 Å². The van der Waals surface area contributed by atoms with Gasteiger partial charge in [0.15, 0.2) is 0 Å². The van der Waals surface area contributed by atoms with Crippen LogP contribution in [0.5, 0.6) is 0 Å². The smallest absolute Gasteiger partial charge is 0.259 e. The minimum Gasteiger partial charge on any atom is -0.469 e. The Hall–Kier alpha value is -4.06. The maximum Gasteiger partial charge on any atom is 0.259 e. The van der Waals surface area contributed by atoms with Crippen LogP contribution in [0.3, 0.4) is 0 Å². The van der Waals surface area contributed by atoms with Crippen LogP contribution < -0.4 is 10.6 Å². The number of rotatable bonds is 4. The maximum absolute atomic E-state index is 12.1. The predicted molar refractivity (Wildman–Crippen MR) is 125 cm³/mol. The van der Waals surface area contributed by atoms with Crippen molar-refractivity contribution in [2.24, 2.45) is 0 Å². The van der Waals surface area contributed by atoms with E-state index < -0.39 is 0 Å². The molecule has 32 heavy (non-hydrogen) atoms. The third kappa shape index (κ3) is 5.55. The van der Waals surface area contributed by atoms with Crippen molar-refractivity contribution in [2.45, 2.75) is 27.7 Å². The molecule has 0 spiro atoms. The predicted octanol–water partition coefficient (Wildman–Crippen LogP) is 6.30. The van der Waals surface area contributed by atoms with Crippen LogP contribution in [0.2, 0.25) is 0 Å². The lowest BCUT2D eigenvalue weighted by molar-refractivity contribution is 0.101. The fourth-order valence-electron chi connectivity index (χ4n) is 3.18. The Bertz CT molecular complexity index is 1190. The van der Waals surface area contributed by atoms with E-state index in [1.807, 2.05) is 74.5 Å². The third-order valence-corrected chi connectivity index (χ3v) is 4.96. The molecule has 0 saturated carbocycles. The first-order chi connectivity index (χ1) is 15.4. The summed E-state index contributed by atoms with van der Waals surface area (Å²) in [7, 11) is 0. The van der Waals surface area contributed by atoms with Crippen molar-refractivity contribution in [3.05, 3.63) is 107 Å². The second-order valence-corrected chi connectivity index (χ2v) is 7.25. The van der Waals surface area contributed by atoms with E-state index >= 15 is 0 Å². The quantitative estimate of drug-likeness (QED) is 0.398. The first kappa shape index (κ1) is 22.6. The van der Waals surface area contributed by atoms with Gasteiger partial charge < -0.3 is 19.5 Å². The summed E-state index contributed by atoms with van der Waals surface area (Å²) >= 11 is 0. The van der Waals surface area contributed by atoms with E-state index in [1.165, 1.54) is 6.26 Å². The molecule has 164 valence electrons. The van der Waals surface area contributed by atoms with E-state index in [4.69, 9.17) is 8.83 Å². The van der Waals surface area contributed by atoms with Gasteiger partial charge >= 0.3 is 0 Å². The number of hydrogen-bond donors (Lipinski definition) is 2. The maximum atomic E-state index is 12.1. The van der Waals surface area contributed by atoms with Gasteiger partial charge in [-0.05, 0) is 58.0 Å². The third-order valence-electron chi connectivity index (χ3n) is 4.96. The summed E-state index contributed by atoms with van der Waals surface area (Å²) in [6, 6.07) is 20.4. The molecule has 6 nitrogen and oxygen atoms in total. The first-order valence-corrected chi connectivity index (χ1v) is 10.2. The van der Waals surface area contributed by atoms with Crippen LogP contribution in [0, 0.1) is 27.7 Å². The topological polar surface area (TPSA) is 84.5 Å². The van der Waals surface area contributed by atoms with Crippen molar-refractivity contribution < 1.29 is 18.4 Å². The number of nitrogens with one attached hydrogen (secondary N) is 2. The van der Waals surface area contributed by atoms with Gasteiger partial charge in [0.05, 0.1) is 17.4 Å². The monoisotopic (exact) mass is 430 g/mol. The van der Waals surface area contributed by atoms with Gasteiger partial charge in [0.1, 0.15) is 17.3 Å². The minimum atomic E-state index is -0.146. The zero-order valence-corrected chi connectivity index (χ0v) is 18.6. The number of hydrogen-bond acceptors (Lipinski definition) is 4. The van der Waals surface area contributed by atoms with Gasteiger partial charge in [-0.3, -0.25) is 9.59 Å². The molecule has 2 amide bonds. The number of para-hydroxylation sites is 2. The standard InChI is InChI=1S/C14H15NO2.C12H11NO2/c1-9-10(2)17-11(3)13(9)14(16)15-12-7-5-4-6-8-12;1-9-11(7-8-15-9)12(14)13-10-5-3-2-4-6-10/h4-8H,1-3H3,(H,15,16);2-8H,1H3,(H,13,14). The molecular weight excluding hydrogens is 404 g/mol. The van der Waals surface area contributed by atoms with Crippen LogP contribution in [0.4, 0.5) is 11.4 Å². The van der Waals surface area contributed by atoms with Crippen LogP contribution in [-0.4, -0.2) is 11.8 Å². The Morgan fingerprint density at radius 1 is 0.656 bits per heavy atom. The van der Waals surface area contributed by atoms with Gasteiger partial charge in [0, 0.05) is 16.9 Å². The van der Waals surface area contributed by atoms with Crippen LogP contribution in [0.15, 0.2) is 81.8 Å². The van der Waals surface area contributed by atoms with E-state index in [0.29, 0.717) is 22.6 Å². The molecule has 0 unspecified atom stereocenters. The number of furan rings is 2. The Morgan fingerprint density at radius 2 is 1.19 bits per heavy atom. The van der Waals surface area contributed by atoms with E-state index in [0.717, 1.165) is 22.7 Å². The average Bonchev–Trinajstić information content (AvgIpc) is 3.32. The minimum absolute atomic E-state index is 0.122. The van der Waals surface area contributed by atoms with Gasteiger partial charge in [-0.15, -0.1) is 0 Å². The van der Waals surface area contributed by atoms with Crippen molar-refractivity contribution in [1.82, 2.24) is 0 Å². The molecule has 0 aliphatic carbocycles. The number of carbonyl (C=O) groups is 2. The first-order valence-electron chi connectivity index (χ1n) is 10.2. The highest BCUT2D eigenvalue weighted by Crippen LogP contribution is 2.22. The van der Waals surface area contributed by atoms with Crippen LogP contribution in [0.1, 0.15) is 43.6 Å². The fourth-order valence-corrected chi connectivity index (χ4v) is 3.18. The van der Waals surface area contributed by atoms with Crippen molar-refractivity contribution in [1.29, 1.82) is 0 Å². The SMILES string of the molecule is Cc1oc(C)c(C(=O)Nc2ccccc2)c1C.Cc1occc1C(=O)Nc1ccccc1. The molecule has 0 bridgehead atoms. The van der Waals surface area contributed by atoms with E-state index in [1.54, 1.807) is 19.9 Å². The number of carbonyl (C=O) groups excluding carboxylic acids is 2. The summed E-state index contributed by atoms with van der Waals surface area (Å²) in [6.45, 7) is 7.33. The Labute approximate surface area is 187 Å².